The summed E-state index contributed by atoms with van der Waals surface area (Å²) < 4.78 is 0. The largest absolute Gasteiger partial charge is 0.369 e. The summed E-state index contributed by atoms with van der Waals surface area (Å²) in [6.07, 6.45) is 0. The van der Waals surface area contributed by atoms with Crippen molar-refractivity contribution in [2.75, 3.05) is 37.6 Å². The second-order valence-corrected chi connectivity index (χ2v) is 5.89. The molecule has 2 atom stereocenters. The van der Waals surface area contributed by atoms with Crippen LogP contribution in [0.15, 0.2) is 24.3 Å². The van der Waals surface area contributed by atoms with E-state index in [2.05, 4.69) is 29.7 Å². The summed E-state index contributed by atoms with van der Waals surface area (Å²) in [6.45, 7) is 9.58. The molecule has 0 saturated carbocycles. The molecule has 1 aliphatic rings. The van der Waals surface area contributed by atoms with Crippen molar-refractivity contribution in [3.63, 3.8) is 0 Å². The van der Waals surface area contributed by atoms with E-state index < -0.39 is 0 Å². The molecule has 1 heterocycles. The van der Waals surface area contributed by atoms with Gasteiger partial charge in [0.15, 0.2) is 0 Å². The molecule has 1 saturated heterocycles. The smallest absolute Gasteiger partial charge is 0.0426 e. The van der Waals surface area contributed by atoms with Crippen molar-refractivity contribution < 1.29 is 0 Å². The third-order valence-electron chi connectivity index (χ3n) is 4.26. The molecule has 0 radical (unpaired) electrons. The molecule has 0 aromatic heterocycles. The first kappa shape index (κ1) is 14.6. The SMILES string of the molecule is CC(CN)C(C)N1CCN(c2cccc(Cl)c2)CC1. The fourth-order valence-corrected chi connectivity index (χ4v) is 2.80. The Morgan fingerprint density at radius 2 is 1.89 bits per heavy atom. The van der Waals surface area contributed by atoms with Gasteiger partial charge in [0.05, 0.1) is 0 Å². The fraction of sp³-hybridized carbons (Fsp3) is 0.600. The maximum atomic E-state index is 6.05. The minimum atomic E-state index is 0.553. The topological polar surface area (TPSA) is 32.5 Å². The number of hydrogen-bond donors (Lipinski definition) is 1. The van der Waals surface area contributed by atoms with Crippen LogP contribution in [0.4, 0.5) is 5.69 Å². The number of benzene rings is 1. The molecule has 2 N–H and O–H groups in total. The predicted octanol–water partition coefficient (Wildman–Crippen LogP) is 2.45. The Labute approximate surface area is 121 Å². The lowest BCUT2D eigenvalue weighted by Crippen LogP contribution is -2.52. The fourth-order valence-electron chi connectivity index (χ4n) is 2.62. The molecule has 19 heavy (non-hydrogen) atoms. The van der Waals surface area contributed by atoms with E-state index >= 15 is 0 Å². The second-order valence-electron chi connectivity index (χ2n) is 5.46. The van der Waals surface area contributed by atoms with E-state index in [1.807, 2.05) is 18.2 Å². The summed E-state index contributed by atoms with van der Waals surface area (Å²) in [5, 5.41) is 0.810. The minimum absolute atomic E-state index is 0.553. The number of halogens is 1. The third-order valence-corrected chi connectivity index (χ3v) is 4.49. The first-order chi connectivity index (χ1) is 9.11. The predicted molar refractivity (Wildman–Crippen MR) is 82.9 cm³/mol. The molecule has 2 unspecified atom stereocenters. The summed E-state index contributed by atoms with van der Waals surface area (Å²) in [7, 11) is 0. The van der Waals surface area contributed by atoms with Crippen molar-refractivity contribution >= 4 is 17.3 Å². The average Bonchev–Trinajstić information content (AvgIpc) is 2.46. The van der Waals surface area contributed by atoms with Gasteiger partial charge in [-0.3, -0.25) is 4.90 Å². The zero-order valence-corrected chi connectivity index (χ0v) is 12.6. The van der Waals surface area contributed by atoms with Gasteiger partial charge in [-0.05, 0) is 37.6 Å². The summed E-state index contributed by atoms with van der Waals surface area (Å²) in [4.78, 5) is 4.95. The third kappa shape index (κ3) is 3.62. The summed E-state index contributed by atoms with van der Waals surface area (Å²) in [6, 6.07) is 8.68. The Bertz CT molecular complexity index is 402. The standard InChI is InChI=1S/C15H24ClN3/c1-12(11-17)13(2)18-6-8-19(9-7-18)15-5-3-4-14(16)10-15/h3-5,10,12-13H,6-9,11,17H2,1-2H3. The Hall–Kier alpha value is -0.770. The normalized spacial score (nSPS) is 20.3. The van der Waals surface area contributed by atoms with Crippen LogP contribution < -0.4 is 10.6 Å². The van der Waals surface area contributed by atoms with E-state index in [0.29, 0.717) is 12.0 Å². The van der Waals surface area contributed by atoms with Crippen molar-refractivity contribution in [3.8, 4) is 0 Å². The number of nitrogens with zero attached hydrogens (tertiary/aromatic N) is 2. The van der Waals surface area contributed by atoms with Gasteiger partial charge in [-0.15, -0.1) is 0 Å². The monoisotopic (exact) mass is 281 g/mol. The van der Waals surface area contributed by atoms with Crippen molar-refractivity contribution in [2.24, 2.45) is 11.7 Å². The van der Waals surface area contributed by atoms with E-state index in [4.69, 9.17) is 17.3 Å². The van der Waals surface area contributed by atoms with Crippen molar-refractivity contribution in [3.05, 3.63) is 29.3 Å². The molecule has 0 spiro atoms. The van der Waals surface area contributed by atoms with Crippen molar-refractivity contribution in [1.82, 2.24) is 4.90 Å². The summed E-state index contributed by atoms with van der Waals surface area (Å²) in [5.74, 6) is 0.553. The maximum Gasteiger partial charge on any atom is 0.0426 e. The van der Waals surface area contributed by atoms with Crippen LogP contribution in [0, 0.1) is 5.92 Å². The second kappa shape index (κ2) is 6.60. The molecule has 0 aliphatic carbocycles. The van der Waals surface area contributed by atoms with Crippen LogP contribution in [0.2, 0.25) is 5.02 Å². The van der Waals surface area contributed by atoms with E-state index in [-0.39, 0.29) is 0 Å². The summed E-state index contributed by atoms with van der Waals surface area (Å²) in [5.41, 5.74) is 6.99. The van der Waals surface area contributed by atoms with Crippen LogP contribution in [-0.2, 0) is 0 Å². The molecule has 2 rings (SSSR count). The number of anilines is 1. The Kier molecular flexibility index (Phi) is 5.08. The first-order valence-corrected chi connectivity index (χ1v) is 7.44. The van der Waals surface area contributed by atoms with Gasteiger partial charge in [0.25, 0.3) is 0 Å². The molecule has 1 fully saturated rings. The zero-order valence-electron chi connectivity index (χ0n) is 11.8. The Balaban J connectivity index is 1.92. The quantitative estimate of drug-likeness (QED) is 0.920. The lowest BCUT2D eigenvalue weighted by molar-refractivity contribution is 0.155. The van der Waals surface area contributed by atoms with E-state index in [9.17, 15) is 0 Å². The number of hydrogen-bond acceptors (Lipinski definition) is 3. The van der Waals surface area contributed by atoms with Gasteiger partial charge in [0.1, 0.15) is 0 Å². The highest BCUT2D eigenvalue weighted by Crippen LogP contribution is 2.22. The zero-order chi connectivity index (χ0) is 13.8. The van der Waals surface area contributed by atoms with Crippen LogP contribution in [0.3, 0.4) is 0 Å². The molecule has 4 heteroatoms. The average molecular weight is 282 g/mol. The van der Waals surface area contributed by atoms with Crippen LogP contribution in [-0.4, -0.2) is 43.7 Å². The Morgan fingerprint density at radius 3 is 2.47 bits per heavy atom. The molecule has 3 nitrogen and oxygen atoms in total. The van der Waals surface area contributed by atoms with E-state index in [1.54, 1.807) is 0 Å². The number of rotatable bonds is 4. The minimum Gasteiger partial charge on any atom is -0.369 e. The van der Waals surface area contributed by atoms with Gasteiger partial charge in [-0.2, -0.15) is 0 Å². The van der Waals surface area contributed by atoms with E-state index in [0.717, 1.165) is 37.7 Å². The maximum absolute atomic E-state index is 6.05. The lowest BCUT2D eigenvalue weighted by atomic mass is 10.0. The molecule has 0 amide bonds. The van der Waals surface area contributed by atoms with Gasteiger partial charge in [-0.25, -0.2) is 0 Å². The van der Waals surface area contributed by atoms with Crippen LogP contribution >= 0.6 is 11.6 Å². The molecule has 1 aromatic rings. The molecule has 1 aliphatic heterocycles. The van der Waals surface area contributed by atoms with Gasteiger partial charge >= 0.3 is 0 Å². The highest BCUT2D eigenvalue weighted by Gasteiger charge is 2.24. The molecule has 1 aromatic carbocycles. The molecular weight excluding hydrogens is 258 g/mol. The van der Waals surface area contributed by atoms with Crippen LogP contribution in [0.25, 0.3) is 0 Å². The van der Waals surface area contributed by atoms with Gasteiger partial charge in [0, 0.05) is 42.9 Å². The molecular formula is C15H24ClN3. The summed E-state index contributed by atoms with van der Waals surface area (Å²) >= 11 is 6.05. The van der Waals surface area contributed by atoms with Crippen LogP contribution in [0.5, 0.6) is 0 Å². The first-order valence-electron chi connectivity index (χ1n) is 7.06. The van der Waals surface area contributed by atoms with E-state index in [1.165, 1.54) is 5.69 Å². The lowest BCUT2D eigenvalue weighted by Gasteiger charge is -2.40. The molecule has 0 bridgehead atoms. The Morgan fingerprint density at radius 1 is 1.21 bits per heavy atom. The van der Waals surface area contributed by atoms with Crippen LogP contribution in [0.1, 0.15) is 13.8 Å². The van der Waals surface area contributed by atoms with Gasteiger partial charge in [0.2, 0.25) is 0 Å². The van der Waals surface area contributed by atoms with Gasteiger partial charge < -0.3 is 10.6 Å². The van der Waals surface area contributed by atoms with Crippen molar-refractivity contribution in [1.29, 1.82) is 0 Å². The number of piperazine rings is 1. The highest BCUT2D eigenvalue weighted by atomic mass is 35.5. The number of nitrogens with two attached hydrogens (primary N) is 1. The molecule has 106 valence electrons. The van der Waals surface area contributed by atoms with Crippen molar-refractivity contribution in [2.45, 2.75) is 19.9 Å². The highest BCUT2D eigenvalue weighted by molar-refractivity contribution is 6.30. The van der Waals surface area contributed by atoms with Gasteiger partial charge in [-0.1, -0.05) is 24.6 Å².